The SMILES string of the molecule is CCN(Cc1c[nH]c(C)c1C)NC(C)C(=O)c1ccccc1. The van der Waals surface area contributed by atoms with Crippen LogP contribution in [0.4, 0.5) is 0 Å². The normalized spacial score (nSPS) is 12.6. The van der Waals surface area contributed by atoms with Crippen LogP contribution in [0.1, 0.15) is 41.0 Å². The van der Waals surface area contributed by atoms with E-state index in [-0.39, 0.29) is 11.8 Å². The molecular weight excluding hydrogens is 274 g/mol. The molecule has 0 aliphatic carbocycles. The fourth-order valence-electron chi connectivity index (χ4n) is 2.46. The number of carbonyl (C=O) groups excluding carboxylic acids is 1. The molecule has 0 bridgehead atoms. The van der Waals surface area contributed by atoms with Crippen molar-refractivity contribution in [2.24, 2.45) is 0 Å². The monoisotopic (exact) mass is 299 g/mol. The average Bonchev–Trinajstić information content (AvgIpc) is 2.86. The molecule has 0 saturated heterocycles. The maximum Gasteiger partial charge on any atom is 0.180 e. The zero-order valence-electron chi connectivity index (χ0n) is 13.8. The lowest BCUT2D eigenvalue weighted by molar-refractivity contribution is 0.0855. The van der Waals surface area contributed by atoms with Gasteiger partial charge < -0.3 is 4.98 Å². The molecule has 0 radical (unpaired) electrons. The first-order valence-electron chi connectivity index (χ1n) is 7.76. The number of H-pyrrole nitrogens is 1. The summed E-state index contributed by atoms with van der Waals surface area (Å²) < 4.78 is 0. The topological polar surface area (TPSA) is 48.1 Å². The summed E-state index contributed by atoms with van der Waals surface area (Å²) in [5.74, 6) is 0.112. The Morgan fingerprint density at radius 2 is 1.95 bits per heavy atom. The number of hydrogen-bond donors (Lipinski definition) is 2. The summed E-state index contributed by atoms with van der Waals surface area (Å²) in [7, 11) is 0. The Labute approximate surface area is 132 Å². The van der Waals surface area contributed by atoms with Crippen LogP contribution in [0.3, 0.4) is 0 Å². The van der Waals surface area contributed by atoms with Crippen LogP contribution in [0.15, 0.2) is 36.5 Å². The number of aromatic nitrogens is 1. The van der Waals surface area contributed by atoms with E-state index < -0.39 is 0 Å². The molecule has 2 rings (SSSR count). The van der Waals surface area contributed by atoms with Crippen molar-refractivity contribution >= 4 is 5.78 Å². The van der Waals surface area contributed by atoms with E-state index in [4.69, 9.17) is 0 Å². The lowest BCUT2D eigenvalue weighted by atomic mass is 10.1. The van der Waals surface area contributed by atoms with Crippen molar-refractivity contribution in [2.75, 3.05) is 6.54 Å². The predicted molar refractivity (Wildman–Crippen MR) is 89.7 cm³/mol. The molecule has 0 aliphatic rings. The molecule has 2 aromatic rings. The van der Waals surface area contributed by atoms with Crippen LogP contribution < -0.4 is 5.43 Å². The molecule has 2 N–H and O–H groups in total. The summed E-state index contributed by atoms with van der Waals surface area (Å²) in [6, 6.07) is 9.17. The fraction of sp³-hybridized carbons (Fsp3) is 0.389. The lowest BCUT2D eigenvalue weighted by Crippen LogP contribution is -2.46. The first kappa shape index (κ1) is 16.5. The Morgan fingerprint density at radius 3 is 2.50 bits per heavy atom. The highest BCUT2D eigenvalue weighted by molar-refractivity contribution is 5.99. The van der Waals surface area contributed by atoms with Gasteiger partial charge in [-0.15, -0.1) is 0 Å². The molecule has 4 heteroatoms. The van der Waals surface area contributed by atoms with E-state index >= 15 is 0 Å². The quantitative estimate of drug-likeness (QED) is 0.609. The maximum absolute atomic E-state index is 12.4. The Hall–Kier alpha value is -1.91. The van der Waals surface area contributed by atoms with Gasteiger partial charge in [0.25, 0.3) is 0 Å². The third-order valence-corrected chi connectivity index (χ3v) is 4.08. The minimum Gasteiger partial charge on any atom is -0.365 e. The first-order valence-corrected chi connectivity index (χ1v) is 7.76. The summed E-state index contributed by atoms with van der Waals surface area (Å²) in [6.07, 6.45) is 2.04. The number of carbonyl (C=O) groups is 1. The Morgan fingerprint density at radius 1 is 1.27 bits per heavy atom. The van der Waals surface area contributed by atoms with Crippen molar-refractivity contribution in [1.29, 1.82) is 0 Å². The van der Waals surface area contributed by atoms with Crippen molar-refractivity contribution < 1.29 is 4.79 Å². The van der Waals surface area contributed by atoms with Gasteiger partial charge in [-0.2, -0.15) is 0 Å². The smallest absolute Gasteiger partial charge is 0.180 e. The van der Waals surface area contributed by atoms with Crippen molar-refractivity contribution in [3.05, 3.63) is 58.9 Å². The standard InChI is InChI=1S/C18H25N3O/c1-5-21(12-17-11-19-14(3)13(17)2)20-15(4)18(22)16-9-7-6-8-10-16/h6-11,15,19-20H,5,12H2,1-4H3. The van der Waals surface area contributed by atoms with Gasteiger partial charge in [0, 0.05) is 30.5 Å². The van der Waals surface area contributed by atoms with Crippen molar-refractivity contribution in [1.82, 2.24) is 15.4 Å². The number of nitrogens with zero attached hydrogens (tertiary/aromatic N) is 1. The molecule has 0 spiro atoms. The highest BCUT2D eigenvalue weighted by Crippen LogP contribution is 2.13. The second-order valence-electron chi connectivity index (χ2n) is 5.66. The second-order valence-corrected chi connectivity index (χ2v) is 5.66. The van der Waals surface area contributed by atoms with Gasteiger partial charge in [0.1, 0.15) is 0 Å². The van der Waals surface area contributed by atoms with Crippen LogP contribution in [0, 0.1) is 13.8 Å². The molecule has 1 aromatic heterocycles. The molecule has 0 fully saturated rings. The third kappa shape index (κ3) is 3.84. The molecule has 0 saturated carbocycles. The fourth-order valence-corrected chi connectivity index (χ4v) is 2.46. The highest BCUT2D eigenvalue weighted by atomic mass is 16.1. The van der Waals surface area contributed by atoms with Crippen LogP contribution in [-0.2, 0) is 6.54 Å². The van der Waals surface area contributed by atoms with Crippen molar-refractivity contribution in [2.45, 2.75) is 40.3 Å². The van der Waals surface area contributed by atoms with Gasteiger partial charge in [-0.25, -0.2) is 10.4 Å². The number of Topliss-reactive ketones (excluding diaryl/α,β-unsaturated/α-hetero) is 1. The summed E-state index contributed by atoms with van der Waals surface area (Å²) in [5.41, 5.74) is 7.79. The van der Waals surface area contributed by atoms with Gasteiger partial charge >= 0.3 is 0 Å². The molecule has 0 amide bonds. The summed E-state index contributed by atoms with van der Waals surface area (Å²) in [5, 5.41) is 2.08. The summed E-state index contributed by atoms with van der Waals surface area (Å²) >= 11 is 0. The van der Waals surface area contributed by atoms with Crippen LogP contribution in [0.5, 0.6) is 0 Å². The molecule has 0 aliphatic heterocycles. The van der Waals surface area contributed by atoms with E-state index in [9.17, 15) is 4.79 Å². The highest BCUT2D eigenvalue weighted by Gasteiger charge is 2.18. The largest absolute Gasteiger partial charge is 0.365 e. The summed E-state index contributed by atoms with van der Waals surface area (Å²) in [4.78, 5) is 15.7. The van der Waals surface area contributed by atoms with Gasteiger partial charge in [0.15, 0.2) is 5.78 Å². The molecule has 1 aromatic carbocycles. The number of hydrogen-bond acceptors (Lipinski definition) is 3. The first-order chi connectivity index (χ1) is 10.5. The van der Waals surface area contributed by atoms with Crippen molar-refractivity contribution in [3.63, 3.8) is 0 Å². The van der Waals surface area contributed by atoms with Crippen LogP contribution in [0.25, 0.3) is 0 Å². The third-order valence-electron chi connectivity index (χ3n) is 4.08. The number of hydrazine groups is 1. The van der Waals surface area contributed by atoms with Gasteiger partial charge in [0.2, 0.25) is 0 Å². The lowest BCUT2D eigenvalue weighted by Gasteiger charge is -2.25. The van der Waals surface area contributed by atoms with Gasteiger partial charge in [-0.1, -0.05) is 37.3 Å². The summed E-state index contributed by atoms with van der Waals surface area (Å²) in [6.45, 7) is 9.79. The Bertz CT molecular complexity index is 619. The number of rotatable bonds is 7. The second kappa shape index (κ2) is 7.38. The number of aromatic amines is 1. The van der Waals surface area contributed by atoms with Crippen LogP contribution in [0.2, 0.25) is 0 Å². The zero-order chi connectivity index (χ0) is 16.1. The number of ketones is 1. The zero-order valence-corrected chi connectivity index (χ0v) is 13.8. The number of benzene rings is 1. The number of nitrogens with one attached hydrogen (secondary N) is 2. The molecule has 1 atom stereocenters. The molecule has 1 heterocycles. The number of aryl methyl sites for hydroxylation is 1. The van der Waals surface area contributed by atoms with Crippen LogP contribution >= 0.6 is 0 Å². The van der Waals surface area contributed by atoms with E-state index in [0.717, 1.165) is 18.7 Å². The molecule has 22 heavy (non-hydrogen) atoms. The minimum absolute atomic E-state index is 0.112. The van der Waals surface area contributed by atoms with Gasteiger partial charge in [-0.3, -0.25) is 4.79 Å². The Balaban J connectivity index is 2.00. The van der Waals surface area contributed by atoms with E-state index in [1.165, 1.54) is 16.8 Å². The van der Waals surface area contributed by atoms with E-state index in [1.807, 2.05) is 43.5 Å². The van der Waals surface area contributed by atoms with Gasteiger partial charge in [0.05, 0.1) is 6.04 Å². The van der Waals surface area contributed by atoms with Crippen molar-refractivity contribution in [3.8, 4) is 0 Å². The minimum atomic E-state index is -0.248. The Kier molecular flexibility index (Phi) is 5.52. The van der Waals surface area contributed by atoms with Crippen LogP contribution in [-0.4, -0.2) is 28.4 Å². The molecule has 118 valence electrons. The molecule has 1 unspecified atom stereocenters. The molecule has 4 nitrogen and oxygen atoms in total. The van der Waals surface area contributed by atoms with Gasteiger partial charge in [-0.05, 0) is 31.9 Å². The van der Waals surface area contributed by atoms with E-state index in [0.29, 0.717) is 0 Å². The maximum atomic E-state index is 12.4. The van der Waals surface area contributed by atoms with E-state index in [2.05, 4.69) is 36.2 Å². The predicted octanol–water partition coefficient (Wildman–Crippen LogP) is 3.23. The van der Waals surface area contributed by atoms with E-state index in [1.54, 1.807) is 0 Å². The average molecular weight is 299 g/mol. The molecular formula is C18H25N3O.